The highest BCUT2D eigenvalue weighted by molar-refractivity contribution is 7.89. The lowest BCUT2D eigenvalue weighted by Crippen LogP contribution is -2.23. The Labute approximate surface area is 139 Å². The van der Waals surface area contributed by atoms with Crippen LogP contribution < -0.4 is 4.72 Å². The maximum absolute atomic E-state index is 13.2. The fourth-order valence-electron chi connectivity index (χ4n) is 2.15. The Morgan fingerprint density at radius 3 is 2.50 bits per heavy atom. The van der Waals surface area contributed by atoms with Crippen molar-refractivity contribution < 1.29 is 12.8 Å². The predicted molar refractivity (Wildman–Crippen MR) is 87.9 cm³/mol. The van der Waals surface area contributed by atoms with E-state index in [1.807, 2.05) is 30.3 Å². The molecule has 0 aliphatic carbocycles. The van der Waals surface area contributed by atoms with E-state index < -0.39 is 15.8 Å². The van der Waals surface area contributed by atoms with Crippen LogP contribution >= 0.6 is 0 Å². The third kappa shape index (κ3) is 3.81. The third-order valence-electron chi connectivity index (χ3n) is 3.34. The van der Waals surface area contributed by atoms with Gasteiger partial charge in [-0.2, -0.15) is 0 Å². The van der Waals surface area contributed by atoms with Gasteiger partial charge in [0.05, 0.1) is 22.8 Å². The number of hydrogen-bond acceptors (Lipinski definition) is 4. The van der Waals surface area contributed by atoms with Gasteiger partial charge in [-0.25, -0.2) is 27.5 Å². The van der Waals surface area contributed by atoms with Crippen molar-refractivity contribution in [1.82, 2.24) is 14.7 Å². The van der Waals surface area contributed by atoms with Crippen LogP contribution in [-0.4, -0.2) is 18.4 Å². The predicted octanol–water partition coefficient (Wildman–Crippen LogP) is 2.76. The van der Waals surface area contributed by atoms with Gasteiger partial charge in [0.1, 0.15) is 12.1 Å². The Kier molecular flexibility index (Phi) is 4.64. The summed E-state index contributed by atoms with van der Waals surface area (Å²) in [5.74, 6) is -0.605. The van der Waals surface area contributed by atoms with Gasteiger partial charge in [0.2, 0.25) is 10.0 Å². The van der Waals surface area contributed by atoms with Crippen molar-refractivity contribution >= 4 is 10.0 Å². The highest BCUT2D eigenvalue weighted by atomic mass is 32.2. The van der Waals surface area contributed by atoms with Crippen LogP contribution in [0.4, 0.5) is 4.39 Å². The Morgan fingerprint density at radius 2 is 1.75 bits per heavy atom. The summed E-state index contributed by atoms with van der Waals surface area (Å²) in [7, 11) is -3.81. The molecule has 0 bridgehead atoms. The quantitative estimate of drug-likeness (QED) is 0.773. The van der Waals surface area contributed by atoms with Gasteiger partial charge >= 0.3 is 0 Å². The van der Waals surface area contributed by atoms with Crippen molar-refractivity contribution in [3.63, 3.8) is 0 Å². The second-order valence-electron chi connectivity index (χ2n) is 5.04. The summed E-state index contributed by atoms with van der Waals surface area (Å²) in [5, 5.41) is 0. The summed E-state index contributed by atoms with van der Waals surface area (Å²) < 4.78 is 40.0. The van der Waals surface area contributed by atoms with Crippen molar-refractivity contribution in [3.05, 3.63) is 78.5 Å². The fraction of sp³-hybridized carbons (Fsp3) is 0.0588. The summed E-state index contributed by atoms with van der Waals surface area (Å²) in [5.41, 5.74) is 2.13. The third-order valence-corrected chi connectivity index (χ3v) is 4.74. The number of benzene rings is 2. The van der Waals surface area contributed by atoms with Crippen LogP contribution in [-0.2, 0) is 16.6 Å². The van der Waals surface area contributed by atoms with E-state index in [-0.39, 0.29) is 11.4 Å². The molecule has 5 nitrogen and oxygen atoms in total. The van der Waals surface area contributed by atoms with Gasteiger partial charge in [-0.1, -0.05) is 36.4 Å². The Hall–Kier alpha value is -2.64. The first-order valence-corrected chi connectivity index (χ1v) is 8.64. The van der Waals surface area contributed by atoms with E-state index in [0.717, 1.165) is 11.6 Å². The van der Waals surface area contributed by atoms with Crippen LogP contribution in [0.3, 0.4) is 0 Å². The van der Waals surface area contributed by atoms with Crippen LogP contribution in [0.5, 0.6) is 0 Å². The van der Waals surface area contributed by atoms with E-state index in [9.17, 15) is 12.8 Å². The first kappa shape index (κ1) is 16.2. The van der Waals surface area contributed by atoms with E-state index >= 15 is 0 Å². The zero-order valence-corrected chi connectivity index (χ0v) is 13.4. The van der Waals surface area contributed by atoms with Gasteiger partial charge < -0.3 is 0 Å². The minimum atomic E-state index is -3.81. The molecule has 0 amide bonds. The highest BCUT2D eigenvalue weighted by Gasteiger charge is 2.14. The van der Waals surface area contributed by atoms with Gasteiger partial charge in [0, 0.05) is 5.56 Å². The fourth-order valence-corrected chi connectivity index (χ4v) is 3.18. The number of nitrogens with zero attached hydrogens (tertiary/aromatic N) is 2. The minimum absolute atomic E-state index is 0.0127. The summed E-state index contributed by atoms with van der Waals surface area (Å²) in [4.78, 5) is 8.13. The van der Waals surface area contributed by atoms with Gasteiger partial charge in [-0.15, -0.1) is 0 Å². The number of aromatic nitrogens is 2. The lowest BCUT2D eigenvalue weighted by molar-refractivity contribution is 0.576. The zero-order valence-electron chi connectivity index (χ0n) is 12.6. The zero-order chi connectivity index (χ0) is 17.0. The van der Waals surface area contributed by atoms with E-state index in [1.54, 1.807) is 6.07 Å². The van der Waals surface area contributed by atoms with Gasteiger partial charge in [-0.05, 0) is 24.3 Å². The number of rotatable bonds is 5. The molecule has 122 valence electrons. The minimum Gasteiger partial charge on any atom is -0.240 e. The smallest absolute Gasteiger partial charge is 0.240 e. The molecule has 2 aromatic carbocycles. The first-order valence-electron chi connectivity index (χ1n) is 7.16. The number of sulfonamides is 1. The molecule has 1 N–H and O–H groups in total. The van der Waals surface area contributed by atoms with E-state index in [4.69, 9.17) is 0 Å². The Bertz CT molecular complexity index is 947. The lowest BCUT2D eigenvalue weighted by Gasteiger charge is -2.07. The van der Waals surface area contributed by atoms with Crippen molar-refractivity contribution in [2.75, 3.05) is 0 Å². The highest BCUT2D eigenvalue weighted by Crippen LogP contribution is 2.16. The molecular formula is C17H14FN3O2S. The number of nitrogens with one attached hydrogen (secondary N) is 1. The SMILES string of the molecule is O=S(=O)(NCc1cc(-c2ccccc2)ncn1)c1cccc(F)c1. The van der Waals surface area contributed by atoms with Crippen LogP contribution in [0.25, 0.3) is 11.3 Å². The molecule has 0 unspecified atom stereocenters. The second kappa shape index (κ2) is 6.86. The van der Waals surface area contributed by atoms with Crippen LogP contribution in [0.15, 0.2) is 71.9 Å². The lowest BCUT2D eigenvalue weighted by atomic mass is 10.1. The van der Waals surface area contributed by atoms with Crippen LogP contribution in [0.1, 0.15) is 5.69 Å². The van der Waals surface area contributed by atoms with Gasteiger partial charge in [0.25, 0.3) is 0 Å². The van der Waals surface area contributed by atoms with E-state index in [2.05, 4.69) is 14.7 Å². The number of hydrogen-bond donors (Lipinski definition) is 1. The van der Waals surface area contributed by atoms with E-state index in [0.29, 0.717) is 11.4 Å². The Morgan fingerprint density at radius 1 is 0.958 bits per heavy atom. The van der Waals surface area contributed by atoms with Crippen LogP contribution in [0.2, 0.25) is 0 Å². The average Bonchev–Trinajstić information content (AvgIpc) is 2.61. The average molecular weight is 343 g/mol. The maximum Gasteiger partial charge on any atom is 0.241 e. The molecule has 0 spiro atoms. The molecule has 0 saturated heterocycles. The summed E-state index contributed by atoms with van der Waals surface area (Å²) >= 11 is 0. The molecule has 1 heterocycles. The van der Waals surface area contributed by atoms with Crippen molar-refractivity contribution in [2.24, 2.45) is 0 Å². The van der Waals surface area contributed by atoms with Crippen molar-refractivity contribution in [1.29, 1.82) is 0 Å². The first-order chi connectivity index (χ1) is 11.5. The van der Waals surface area contributed by atoms with E-state index in [1.165, 1.54) is 24.5 Å². The standard InChI is InChI=1S/C17H14FN3O2S/c18-14-7-4-8-16(9-14)24(22,23)21-11-15-10-17(20-12-19-15)13-5-2-1-3-6-13/h1-10,12,21H,11H2. The molecule has 0 aliphatic rings. The molecule has 3 rings (SSSR count). The summed E-state index contributed by atoms with van der Waals surface area (Å²) in [6, 6.07) is 16.1. The van der Waals surface area contributed by atoms with Gasteiger partial charge in [0.15, 0.2) is 0 Å². The normalized spacial score (nSPS) is 11.4. The largest absolute Gasteiger partial charge is 0.241 e. The molecule has 0 aliphatic heterocycles. The van der Waals surface area contributed by atoms with Crippen molar-refractivity contribution in [3.8, 4) is 11.3 Å². The number of halogens is 1. The second-order valence-corrected chi connectivity index (χ2v) is 6.81. The van der Waals surface area contributed by atoms with Crippen LogP contribution in [0, 0.1) is 5.82 Å². The molecule has 0 radical (unpaired) electrons. The molecule has 24 heavy (non-hydrogen) atoms. The molecular weight excluding hydrogens is 329 g/mol. The molecule has 3 aromatic rings. The van der Waals surface area contributed by atoms with Gasteiger partial charge in [-0.3, -0.25) is 0 Å². The molecule has 1 aromatic heterocycles. The molecule has 0 atom stereocenters. The molecule has 7 heteroatoms. The monoisotopic (exact) mass is 343 g/mol. The maximum atomic E-state index is 13.2. The molecule has 0 saturated carbocycles. The Balaban J connectivity index is 1.78. The summed E-state index contributed by atoms with van der Waals surface area (Å²) in [6.07, 6.45) is 1.38. The topological polar surface area (TPSA) is 72.0 Å². The summed E-state index contributed by atoms with van der Waals surface area (Å²) in [6.45, 7) is -0.0127. The molecule has 0 fully saturated rings. The van der Waals surface area contributed by atoms with Crippen molar-refractivity contribution in [2.45, 2.75) is 11.4 Å².